The van der Waals surface area contributed by atoms with Crippen LogP contribution in [0.5, 0.6) is 0 Å². The van der Waals surface area contributed by atoms with Crippen LogP contribution in [0.4, 0.5) is 0 Å². The summed E-state index contributed by atoms with van der Waals surface area (Å²) in [5, 5.41) is 0. The zero-order valence-corrected chi connectivity index (χ0v) is 6.93. The molecule has 4 radical (unpaired) electrons. The van der Waals surface area contributed by atoms with Gasteiger partial charge in [-0.05, 0) is 0 Å². The van der Waals surface area contributed by atoms with Gasteiger partial charge in [0.15, 0.2) is 0 Å². The monoisotopic (exact) mass is 248 g/mol. The van der Waals surface area contributed by atoms with E-state index < -0.39 is 0 Å². The molecule has 4 heteroatoms. The molecule has 0 bridgehead atoms. The topological polar surface area (TPSA) is 0 Å². The molecule has 0 aromatic heterocycles. The Morgan fingerprint density at radius 3 is 1.25 bits per heavy atom. The molecule has 0 fully saturated rings. The largest absolute Gasteiger partial charge is 0 e. The van der Waals surface area contributed by atoms with Crippen LogP contribution in [0.15, 0.2) is 0 Å². The van der Waals surface area contributed by atoms with Gasteiger partial charge >= 0.3 is 33.0 Å². The number of hydrogen-bond acceptors (Lipinski definition) is 0. The van der Waals surface area contributed by atoms with E-state index >= 15 is 0 Å². The van der Waals surface area contributed by atoms with Gasteiger partial charge in [0.2, 0.25) is 0 Å². The average Bonchev–Trinajstić information content (AvgIpc) is 0.918. The molecule has 0 aliphatic rings. The van der Waals surface area contributed by atoms with Gasteiger partial charge in [0.25, 0.3) is 0 Å². The Morgan fingerprint density at radius 1 is 1.25 bits per heavy atom. The van der Waals surface area contributed by atoms with Crippen molar-refractivity contribution in [2.24, 2.45) is 0 Å². The predicted octanol–water partition coefficient (Wildman–Crippen LogP) is 0.996. The molecule has 0 amide bonds. The minimum Gasteiger partial charge on any atom is 0 e. The van der Waals surface area contributed by atoms with Gasteiger partial charge in [0.05, 0.1) is 0 Å². The van der Waals surface area contributed by atoms with Crippen LogP contribution < -0.4 is 0 Å². The van der Waals surface area contributed by atoms with Gasteiger partial charge in [-0.1, -0.05) is 0 Å². The zero-order valence-electron chi connectivity index (χ0n) is 1.57. The maximum absolute atomic E-state index is 4.70. The minimum atomic E-state index is 0. The van der Waals surface area contributed by atoms with Crippen molar-refractivity contribution in [3.05, 3.63) is 0 Å². The van der Waals surface area contributed by atoms with Gasteiger partial charge < -0.3 is 0 Å². The van der Waals surface area contributed by atoms with Crippen molar-refractivity contribution in [3.8, 4) is 0 Å². The predicted molar refractivity (Wildman–Crippen MR) is 17.5 cm³/mol. The van der Waals surface area contributed by atoms with Crippen LogP contribution in [-0.2, 0) is 12.7 Å². The first-order chi connectivity index (χ1) is 1.41. The molecule has 0 saturated carbocycles. The Morgan fingerprint density at radius 2 is 1.25 bits per heavy atom. The average molecular weight is 248 g/mol. The van der Waals surface area contributed by atoms with Crippen LogP contribution in [-0.4, -0.2) is 23.9 Å². The van der Waals surface area contributed by atoms with Crippen molar-refractivity contribution in [3.63, 3.8) is 0 Å². The van der Waals surface area contributed by atoms with Crippen LogP contribution in [0, 0.1) is 0 Å². The van der Waals surface area contributed by atoms with Crippen molar-refractivity contribution >= 4 is 44.3 Å². The van der Waals surface area contributed by atoms with E-state index in [0.29, 0.717) is 12.7 Å². The number of halogens is 2. The molecular weight excluding hydrogens is 248 g/mol. The Labute approximate surface area is 56.5 Å². The summed E-state index contributed by atoms with van der Waals surface area (Å²) in [5.41, 5.74) is 0. The molecule has 0 spiro atoms. The summed E-state index contributed by atoms with van der Waals surface area (Å²) in [7, 11) is 9.40. The van der Waals surface area contributed by atoms with E-state index in [1.807, 2.05) is 0 Å². The summed E-state index contributed by atoms with van der Waals surface area (Å²) >= 11 is 0.569. The van der Waals surface area contributed by atoms with Gasteiger partial charge in [-0.25, -0.2) is 0 Å². The fourth-order valence-corrected chi connectivity index (χ4v) is 0. The Balaban J connectivity index is 0. The molecule has 0 aliphatic heterocycles. The minimum absolute atomic E-state index is 0. The molecule has 0 N–H and O–H groups in total. The maximum atomic E-state index is 4.70. The Bertz CT molecular complexity index is 6.00. The first-order valence-corrected chi connectivity index (χ1v) is 2.96. The van der Waals surface area contributed by atoms with E-state index in [9.17, 15) is 0 Å². The number of rotatable bonds is 0. The zero-order chi connectivity index (χ0) is 2.71. The fourth-order valence-electron chi connectivity index (χ4n) is 0. The van der Waals surface area contributed by atoms with E-state index in [-0.39, 0.29) is 23.9 Å². The van der Waals surface area contributed by atoms with Crippen molar-refractivity contribution in [1.29, 1.82) is 0 Å². The first-order valence-electron chi connectivity index (χ1n) is 0.239. The van der Waals surface area contributed by atoms with Crippen molar-refractivity contribution < 1.29 is 12.7 Å². The molecule has 4 heavy (non-hydrogen) atoms. The van der Waals surface area contributed by atoms with Crippen LogP contribution in [0.1, 0.15) is 0 Å². The molecule has 0 atom stereocenters. The van der Waals surface area contributed by atoms with Gasteiger partial charge in [-0.15, -0.1) is 0 Å². The third kappa shape index (κ3) is 9.11. The molecule has 0 aromatic rings. The summed E-state index contributed by atoms with van der Waals surface area (Å²) < 4.78 is 0. The van der Waals surface area contributed by atoms with Crippen LogP contribution >= 0.6 is 20.4 Å². The molecule has 28 valence electrons. The smallest absolute Gasteiger partial charge is 0 e. The summed E-state index contributed by atoms with van der Waals surface area (Å²) in [4.78, 5) is 0. The second-order valence-corrected chi connectivity index (χ2v) is 1.68. The molecule has 0 aromatic carbocycles. The van der Waals surface area contributed by atoms with Crippen LogP contribution in [0.25, 0.3) is 0 Å². The second kappa shape index (κ2) is 8.86. The SMILES string of the molecule is [Cl][Ni][Cl].[Sn]. The second-order valence-electron chi connectivity index (χ2n) is 0.0452. The standard InChI is InChI=1S/2ClH.Ni.Sn/h2*1H;;/q;;+2;/p-2. The molecule has 0 saturated heterocycles. The van der Waals surface area contributed by atoms with E-state index in [1.54, 1.807) is 0 Å². The van der Waals surface area contributed by atoms with E-state index in [1.165, 1.54) is 0 Å². The fraction of sp³-hybridized carbons (Fsp3) is 0. The summed E-state index contributed by atoms with van der Waals surface area (Å²) in [5.74, 6) is 0. The van der Waals surface area contributed by atoms with E-state index in [4.69, 9.17) is 20.4 Å². The quantitative estimate of drug-likeness (QED) is 0.561. The Kier molecular flexibility index (Phi) is 20.6. The number of hydrogen-bond donors (Lipinski definition) is 0. The molecule has 0 heterocycles. The summed E-state index contributed by atoms with van der Waals surface area (Å²) in [6.45, 7) is 0. The maximum Gasteiger partial charge on any atom is 0 e. The van der Waals surface area contributed by atoms with Gasteiger partial charge in [-0.3, -0.25) is 0 Å². The summed E-state index contributed by atoms with van der Waals surface area (Å²) in [6, 6.07) is 0. The van der Waals surface area contributed by atoms with Crippen molar-refractivity contribution in [2.45, 2.75) is 0 Å². The van der Waals surface area contributed by atoms with Gasteiger partial charge in [-0.2, -0.15) is 0 Å². The first kappa shape index (κ1) is 9.30. The van der Waals surface area contributed by atoms with Crippen LogP contribution in [0.2, 0.25) is 0 Å². The van der Waals surface area contributed by atoms with Gasteiger partial charge in [0.1, 0.15) is 0 Å². The third-order valence-corrected chi connectivity index (χ3v) is 0. The molecular formula is Cl2NiSn. The normalized spacial score (nSPS) is 5.50. The van der Waals surface area contributed by atoms with Crippen LogP contribution in [0.3, 0.4) is 0 Å². The van der Waals surface area contributed by atoms with Crippen molar-refractivity contribution in [1.82, 2.24) is 0 Å². The molecule has 0 aliphatic carbocycles. The third-order valence-electron chi connectivity index (χ3n) is 0. The van der Waals surface area contributed by atoms with Gasteiger partial charge in [0, 0.05) is 23.9 Å². The molecule has 0 nitrogen and oxygen atoms in total. The van der Waals surface area contributed by atoms with E-state index in [2.05, 4.69) is 0 Å². The van der Waals surface area contributed by atoms with Crippen molar-refractivity contribution in [2.75, 3.05) is 0 Å². The Hall–Kier alpha value is 1.87. The molecule has 0 rings (SSSR count). The summed E-state index contributed by atoms with van der Waals surface area (Å²) in [6.07, 6.45) is 0. The molecule has 0 unspecified atom stereocenters. The van der Waals surface area contributed by atoms with E-state index in [0.717, 1.165) is 0 Å².